The van der Waals surface area contributed by atoms with E-state index in [1.54, 1.807) is 16.5 Å². The van der Waals surface area contributed by atoms with Gasteiger partial charge < -0.3 is 14.2 Å². The average molecular weight is 424 g/mol. The molecule has 1 atom stereocenters. The number of nitrogens with zero attached hydrogens (tertiary/aromatic N) is 3. The Bertz CT molecular complexity index is 1080. The Morgan fingerprint density at radius 3 is 2.55 bits per heavy atom. The number of fused-ring (bicyclic) bond motifs is 1. The van der Waals surface area contributed by atoms with Crippen molar-refractivity contribution in [3.05, 3.63) is 46.2 Å². The molecule has 3 aliphatic heterocycles. The van der Waals surface area contributed by atoms with Crippen molar-refractivity contribution in [2.24, 2.45) is 12.5 Å². The molecule has 1 aromatic heterocycles. The van der Waals surface area contributed by atoms with E-state index in [-0.39, 0.29) is 23.5 Å². The molecule has 7 nitrogen and oxygen atoms in total. The molecule has 1 unspecified atom stereocenters. The highest BCUT2D eigenvalue weighted by Crippen LogP contribution is 2.43. The van der Waals surface area contributed by atoms with Crippen molar-refractivity contribution >= 4 is 22.8 Å². The molecule has 3 fully saturated rings. The third-order valence-corrected chi connectivity index (χ3v) is 7.38. The lowest BCUT2D eigenvalue weighted by molar-refractivity contribution is -0.150. The number of pyridine rings is 1. The number of carbonyl (C=O) groups excluding carboxylic acids is 2. The number of rotatable bonds is 3. The van der Waals surface area contributed by atoms with Gasteiger partial charge in [-0.3, -0.25) is 19.3 Å². The molecule has 5 rings (SSSR count). The Hall–Kier alpha value is -2.67. The van der Waals surface area contributed by atoms with Crippen LogP contribution < -0.4 is 5.56 Å². The molecule has 0 aliphatic carbocycles. The van der Waals surface area contributed by atoms with Crippen LogP contribution in [0.5, 0.6) is 0 Å². The predicted octanol–water partition coefficient (Wildman–Crippen LogP) is 2.17. The summed E-state index contributed by atoms with van der Waals surface area (Å²) < 4.78 is 7.32. The first kappa shape index (κ1) is 20.2. The molecule has 0 bridgehead atoms. The van der Waals surface area contributed by atoms with E-state index in [1.165, 1.54) is 18.9 Å². The lowest BCUT2D eigenvalue weighted by Crippen LogP contribution is -2.45. The fourth-order valence-corrected chi connectivity index (χ4v) is 5.50. The molecule has 0 saturated carbocycles. The molecule has 164 valence electrons. The largest absolute Gasteiger partial charge is 0.461 e. The molecule has 0 radical (unpaired) electrons. The van der Waals surface area contributed by atoms with E-state index in [0.29, 0.717) is 31.5 Å². The van der Waals surface area contributed by atoms with Crippen molar-refractivity contribution < 1.29 is 14.3 Å². The number of para-hydroxylation sites is 1. The third kappa shape index (κ3) is 3.55. The summed E-state index contributed by atoms with van der Waals surface area (Å²) in [6, 6.07) is 8.91. The highest BCUT2D eigenvalue weighted by molar-refractivity contribution is 6.06. The van der Waals surface area contributed by atoms with Crippen molar-refractivity contribution in [2.75, 3.05) is 32.7 Å². The Kier molecular flexibility index (Phi) is 5.08. The van der Waals surface area contributed by atoms with Gasteiger partial charge in [0.1, 0.15) is 6.10 Å². The van der Waals surface area contributed by atoms with Gasteiger partial charge in [0.05, 0.1) is 16.5 Å². The van der Waals surface area contributed by atoms with Gasteiger partial charge in [-0.25, -0.2) is 0 Å². The molecule has 2 aromatic rings. The van der Waals surface area contributed by atoms with Crippen molar-refractivity contribution in [3.63, 3.8) is 0 Å². The van der Waals surface area contributed by atoms with E-state index in [9.17, 15) is 14.4 Å². The quantitative estimate of drug-likeness (QED) is 0.708. The standard InChI is InChI=1S/C24H29N3O4/c1-25-20-7-3-2-6-18(20)19(14-21(25)28)22(29)27-12-8-24(9-13-27)15-17(31-23(24)30)16-26-10-4-5-11-26/h2-3,6-7,14,17H,4-5,8-13,15-16H2,1H3. The fraction of sp³-hybridized carbons (Fsp3) is 0.542. The topological polar surface area (TPSA) is 71.8 Å². The maximum absolute atomic E-state index is 13.3. The zero-order valence-electron chi connectivity index (χ0n) is 18.0. The van der Waals surface area contributed by atoms with E-state index in [1.807, 2.05) is 24.3 Å². The van der Waals surface area contributed by atoms with Gasteiger partial charge in [-0.1, -0.05) is 18.2 Å². The Morgan fingerprint density at radius 1 is 1.10 bits per heavy atom. The minimum absolute atomic E-state index is 0.0334. The second-order valence-corrected chi connectivity index (χ2v) is 9.28. The zero-order valence-corrected chi connectivity index (χ0v) is 18.0. The van der Waals surface area contributed by atoms with Crippen LogP contribution >= 0.6 is 0 Å². The second kappa shape index (κ2) is 7.79. The molecule has 1 aromatic carbocycles. The molecular formula is C24H29N3O4. The normalized spacial score (nSPS) is 23.6. The summed E-state index contributed by atoms with van der Waals surface area (Å²) in [6.45, 7) is 4.03. The van der Waals surface area contributed by atoms with E-state index in [4.69, 9.17) is 4.74 Å². The minimum atomic E-state index is -0.462. The SMILES string of the molecule is Cn1c(=O)cc(C(=O)N2CCC3(CC2)CC(CN2CCCC2)OC3=O)c2ccccc21. The van der Waals surface area contributed by atoms with Gasteiger partial charge in [-0.05, 0) is 44.8 Å². The number of amides is 1. The van der Waals surface area contributed by atoms with Crippen LogP contribution in [0.15, 0.2) is 35.1 Å². The van der Waals surface area contributed by atoms with E-state index < -0.39 is 5.41 Å². The highest BCUT2D eigenvalue weighted by atomic mass is 16.6. The number of hydrogen-bond acceptors (Lipinski definition) is 5. The summed E-state index contributed by atoms with van der Waals surface area (Å²) in [7, 11) is 1.72. The van der Waals surface area contributed by atoms with Gasteiger partial charge in [0.15, 0.2) is 0 Å². The molecule has 1 amide bonds. The molecule has 31 heavy (non-hydrogen) atoms. The smallest absolute Gasteiger partial charge is 0.312 e. The number of hydrogen-bond donors (Lipinski definition) is 0. The lowest BCUT2D eigenvalue weighted by Gasteiger charge is -2.36. The van der Waals surface area contributed by atoms with Gasteiger partial charge in [0.2, 0.25) is 0 Å². The molecule has 7 heteroatoms. The number of esters is 1. The van der Waals surface area contributed by atoms with E-state index in [0.717, 1.165) is 37.0 Å². The Balaban J connectivity index is 1.30. The monoisotopic (exact) mass is 423 g/mol. The van der Waals surface area contributed by atoms with Crippen LogP contribution in [0.2, 0.25) is 0 Å². The van der Waals surface area contributed by atoms with Gasteiger partial charge in [0, 0.05) is 44.6 Å². The van der Waals surface area contributed by atoms with Crippen LogP contribution in [0.4, 0.5) is 0 Å². The van der Waals surface area contributed by atoms with Crippen molar-refractivity contribution in [1.29, 1.82) is 0 Å². The molecule has 1 spiro atoms. The summed E-state index contributed by atoms with van der Waals surface area (Å²) in [6.07, 6.45) is 4.40. The second-order valence-electron chi connectivity index (χ2n) is 9.28. The van der Waals surface area contributed by atoms with Crippen LogP contribution in [0.25, 0.3) is 10.9 Å². The Labute approximate surface area is 181 Å². The number of aromatic nitrogens is 1. The van der Waals surface area contributed by atoms with Gasteiger partial charge >= 0.3 is 5.97 Å². The van der Waals surface area contributed by atoms with Crippen molar-refractivity contribution in [2.45, 2.75) is 38.2 Å². The first-order chi connectivity index (χ1) is 15.0. The third-order valence-electron chi connectivity index (χ3n) is 7.38. The molecule has 3 saturated heterocycles. The molecule has 3 aliphatic rings. The molecule has 0 N–H and O–H groups in total. The van der Waals surface area contributed by atoms with Crippen molar-refractivity contribution in [3.8, 4) is 0 Å². The van der Waals surface area contributed by atoms with E-state index in [2.05, 4.69) is 4.90 Å². The Morgan fingerprint density at radius 2 is 1.81 bits per heavy atom. The number of ether oxygens (including phenoxy) is 1. The summed E-state index contributed by atoms with van der Waals surface area (Å²) in [5, 5.41) is 0.779. The van der Waals surface area contributed by atoms with Gasteiger partial charge in [-0.2, -0.15) is 0 Å². The number of piperidine rings is 1. The maximum atomic E-state index is 13.3. The van der Waals surface area contributed by atoms with E-state index >= 15 is 0 Å². The summed E-state index contributed by atoms with van der Waals surface area (Å²) in [5.74, 6) is -0.230. The van der Waals surface area contributed by atoms with Crippen molar-refractivity contribution in [1.82, 2.24) is 14.4 Å². The van der Waals surface area contributed by atoms with Crippen LogP contribution in [0.1, 0.15) is 42.5 Å². The summed E-state index contributed by atoms with van der Waals surface area (Å²) in [4.78, 5) is 42.6. The summed E-state index contributed by atoms with van der Waals surface area (Å²) >= 11 is 0. The summed E-state index contributed by atoms with van der Waals surface area (Å²) in [5.41, 5.74) is 0.530. The van der Waals surface area contributed by atoms with Crippen LogP contribution in [-0.4, -0.2) is 65.1 Å². The first-order valence-electron chi connectivity index (χ1n) is 11.3. The average Bonchev–Trinajstić information content (AvgIpc) is 3.39. The fourth-order valence-electron chi connectivity index (χ4n) is 5.50. The maximum Gasteiger partial charge on any atom is 0.312 e. The lowest BCUT2D eigenvalue weighted by atomic mass is 9.76. The van der Waals surface area contributed by atoms with Crippen LogP contribution in [0.3, 0.4) is 0 Å². The molecule has 4 heterocycles. The highest BCUT2D eigenvalue weighted by Gasteiger charge is 2.51. The zero-order chi connectivity index (χ0) is 21.6. The number of benzene rings is 1. The first-order valence-corrected chi connectivity index (χ1v) is 11.3. The number of aryl methyl sites for hydroxylation is 1. The number of likely N-dealkylation sites (tertiary alicyclic amines) is 2. The predicted molar refractivity (Wildman–Crippen MR) is 117 cm³/mol. The van der Waals surface area contributed by atoms with Crippen LogP contribution in [-0.2, 0) is 16.6 Å². The van der Waals surface area contributed by atoms with Gasteiger partial charge in [0.25, 0.3) is 11.5 Å². The van der Waals surface area contributed by atoms with Crippen LogP contribution in [0, 0.1) is 5.41 Å². The number of carbonyl (C=O) groups is 2. The number of cyclic esters (lactones) is 1. The van der Waals surface area contributed by atoms with Gasteiger partial charge in [-0.15, -0.1) is 0 Å². The molecular weight excluding hydrogens is 394 g/mol. The minimum Gasteiger partial charge on any atom is -0.461 e.